The molecule has 0 bridgehead atoms. The average Bonchev–Trinajstić information content (AvgIpc) is 2.09. The number of amidine groups is 1. The van der Waals surface area contributed by atoms with Crippen LogP contribution in [0, 0.1) is 0 Å². The molecule has 0 radical (unpaired) electrons. The van der Waals surface area contributed by atoms with Crippen molar-refractivity contribution in [1.82, 2.24) is 4.31 Å². The summed E-state index contributed by atoms with van der Waals surface area (Å²) in [5.74, 6) is -0.307. The van der Waals surface area contributed by atoms with Gasteiger partial charge in [-0.1, -0.05) is 12.1 Å². The molecule has 8 nitrogen and oxygen atoms in total. The summed E-state index contributed by atoms with van der Waals surface area (Å²) in [5, 5.41) is 9.93. The molecule has 16 heavy (non-hydrogen) atoms. The first-order valence-electron chi connectivity index (χ1n) is 4.24. The van der Waals surface area contributed by atoms with Crippen molar-refractivity contribution < 1.29 is 22.0 Å². The SMILES string of the molecule is CCN(CC(N)=NO)S(=O)(=O)CS(C)(=O)=O. The van der Waals surface area contributed by atoms with Crippen LogP contribution >= 0.6 is 0 Å². The molecule has 0 spiro atoms. The Bertz CT molecular complexity index is 453. The molecule has 0 aliphatic carbocycles. The highest BCUT2D eigenvalue weighted by Crippen LogP contribution is 2.04. The zero-order chi connectivity index (χ0) is 13.0. The molecular weight excluding hydrogens is 258 g/mol. The summed E-state index contributed by atoms with van der Waals surface area (Å²) in [6.45, 7) is 1.21. The van der Waals surface area contributed by atoms with Crippen LogP contribution < -0.4 is 5.73 Å². The van der Waals surface area contributed by atoms with Crippen molar-refractivity contribution in [3.63, 3.8) is 0 Å². The molecule has 0 heterocycles. The van der Waals surface area contributed by atoms with E-state index in [4.69, 9.17) is 10.9 Å². The number of nitrogens with zero attached hydrogens (tertiary/aromatic N) is 2. The van der Waals surface area contributed by atoms with E-state index < -0.39 is 24.9 Å². The third-order valence-corrected chi connectivity index (χ3v) is 5.65. The summed E-state index contributed by atoms with van der Waals surface area (Å²) >= 11 is 0. The average molecular weight is 273 g/mol. The van der Waals surface area contributed by atoms with Crippen molar-refractivity contribution in [3.8, 4) is 0 Å². The number of oxime groups is 1. The Morgan fingerprint density at radius 2 is 1.88 bits per heavy atom. The number of nitrogens with two attached hydrogens (primary N) is 1. The molecule has 96 valence electrons. The lowest BCUT2D eigenvalue weighted by molar-refractivity contribution is 0.315. The number of sulfonamides is 1. The maximum absolute atomic E-state index is 11.6. The molecule has 0 aliphatic rings. The van der Waals surface area contributed by atoms with Crippen molar-refractivity contribution in [1.29, 1.82) is 0 Å². The van der Waals surface area contributed by atoms with Crippen molar-refractivity contribution in [2.45, 2.75) is 6.92 Å². The van der Waals surface area contributed by atoms with Crippen LogP contribution in [0.3, 0.4) is 0 Å². The molecular formula is C6H15N3O5S2. The Morgan fingerprint density at radius 1 is 1.38 bits per heavy atom. The summed E-state index contributed by atoms with van der Waals surface area (Å²) in [4.78, 5) is 0. The molecule has 0 rings (SSSR count). The number of rotatable bonds is 6. The van der Waals surface area contributed by atoms with Gasteiger partial charge in [0.15, 0.2) is 20.8 Å². The minimum Gasteiger partial charge on any atom is -0.409 e. The van der Waals surface area contributed by atoms with Gasteiger partial charge in [0.1, 0.15) is 0 Å². The standard InChI is InChI=1S/C6H15N3O5S2/c1-3-9(4-6(7)8-10)16(13,14)5-15(2,11)12/h10H,3-5H2,1-2H3,(H2,7,8). The maximum atomic E-state index is 11.6. The summed E-state index contributed by atoms with van der Waals surface area (Å²) in [7, 11) is -7.61. The fourth-order valence-corrected chi connectivity index (χ4v) is 4.45. The molecule has 0 saturated heterocycles. The van der Waals surface area contributed by atoms with Crippen molar-refractivity contribution in [2.75, 3.05) is 24.4 Å². The van der Waals surface area contributed by atoms with E-state index in [9.17, 15) is 16.8 Å². The molecule has 0 atom stereocenters. The smallest absolute Gasteiger partial charge is 0.228 e. The number of hydrogen-bond donors (Lipinski definition) is 2. The lowest BCUT2D eigenvalue weighted by Crippen LogP contribution is -2.40. The molecule has 0 saturated carbocycles. The Labute approximate surface area is 94.7 Å². The molecule has 10 heteroatoms. The second kappa shape index (κ2) is 5.46. The zero-order valence-corrected chi connectivity index (χ0v) is 10.6. The Kier molecular flexibility index (Phi) is 5.16. The third-order valence-electron chi connectivity index (χ3n) is 1.58. The molecule has 0 aromatic rings. The second-order valence-corrected chi connectivity index (χ2v) is 7.65. The maximum Gasteiger partial charge on any atom is 0.228 e. The predicted molar refractivity (Wildman–Crippen MR) is 59.3 cm³/mol. The van der Waals surface area contributed by atoms with E-state index in [0.29, 0.717) is 0 Å². The fourth-order valence-electron chi connectivity index (χ4n) is 0.964. The summed E-state index contributed by atoms with van der Waals surface area (Å²) < 4.78 is 45.8. The van der Waals surface area contributed by atoms with Crippen LogP contribution in [-0.4, -0.2) is 56.6 Å². The first-order valence-corrected chi connectivity index (χ1v) is 7.91. The molecule has 3 N–H and O–H groups in total. The van der Waals surface area contributed by atoms with E-state index in [1.165, 1.54) is 6.92 Å². The van der Waals surface area contributed by atoms with Crippen LogP contribution in [0.5, 0.6) is 0 Å². The lowest BCUT2D eigenvalue weighted by atomic mass is 10.6. The fraction of sp³-hybridized carbons (Fsp3) is 0.833. The van der Waals surface area contributed by atoms with Gasteiger partial charge in [-0.25, -0.2) is 16.8 Å². The normalized spacial score (nSPS) is 14.3. The zero-order valence-electron chi connectivity index (χ0n) is 8.99. The van der Waals surface area contributed by atoms with Crippen LogP contribution in [0.25, 0.3) is 0 Å². The quantitative estimate of drug-likeness (QED) is 0.259. The molecule has 0 fully saturated rings. The van der Waals surface area contributed by atoms with Crippen molar-refractivity contribution in [2.24, 2.45) is 10.9 Å². The van der Waals surface area contributed by atoms with Gasteiger partial charge < -0.3 is 10.9 Å². The monoisotopic (exact) mass is 273 g/mol. The molecule has 0 aromatic heterocycles. The molecule has 0 aromatic carbocycles. The molecule has 0 unspecified atom stereocenters. The Balaban J connectivity index is 4.97. The van der Waals surface area contributed by atoms with Gasteiger partial charge in [-0.15, -0.1) is 0 Å². The van der Waals surface area contributed by atoms with Crippen molar-refractivity contribution >= 4 is 25.7 Å². The van der Waals surface area contributed by atoms with Crippen LogP contribution in [-0.2, 0) is 19.9 Å². The van der Waals surface area contributed by atoms with E-state index in [1.54, 1.807) is 0 Å². The van der Waals surface area contributed by atoms with Gasteiger partial charge in [0, 0.05) is 12.8 Å². The summed E-state index contributed by atoms with van der Waals surface area (Å²) in [5.41, 5.74) is 5.15. The topological polar surface area (TPSA) is 130 Å². The van der Waals surface area contributed by atoms with Crippen LogP contribution in [0.1, 0.15) is 6.92 Å². The highest BCUT2D eigenvalue weighted by atomic mass is 32.3. The first-order chi connectivity index (χ1) is 7.12. The highest BCUT2D eigenvalue weighted by molar-refractivity contribution is 8.06. The van der Waals surface area contributed by atoms with E-state index in [1.807, 2.05) is 0 Å². The van der Waals surface area contributed by atoms with Gasteiger partial charge in [0.05, 0.1) is 6.54 Å². The van der Waals surface area contributed by atoms with Gasteiger partial charge >= 0.3 is 0 Å². The van der Waals surface area contributed by atoms with Gasteiger partial charge in [-0.3, -0.25) is 0 Å². The van der Waals surface area contributed by atoms with Gasteiger partial charge in [-0.05, 0) is 0 Å². The van der Waals surface area contributed by atoms with Crippen LogP contribution in [0.15, 0.2) is 5.16 Å². The Hall–Kier alpha value is -0.870. The number of likely N-dealkylation sites (N-methyl/N-ethyl adjacent to an activating group) is 1. The largest absolute Gasteiger partial charge is 0.409 e. The third kappa shape index (κ3) is 5.28. The summed E-state index contributed by atoms with van der Waals surface area (Å²) in [6, 6.07) is 0. The Morgan fingerprint density at radius 3 is 2.19 bits per heavy atom. The summed E-state index contributed by atoms with van der Waals surface area (Å²) in [6.07, 6.45) is 0.821. The van der Waals surface area contributed by atoms with E-state index >= 15 is 0 Å². The molecule has 0 aliphatic heterocycles. The minimum absolute atomic E-state index is 0.0358. The number of hydrogen-bond acceptors (Lipinski definition) is 6. The van der Waals surface area contributed by atoms with Crippen molar-refractivity contribution in [3.05, 3.63) is 0 Å². The van der Waals surface area contributed by atoms with Crippen LogP contribution in [0.4, 0.5) is 0 Å². The number of sulfone groups is 1. The lowest BCUT2D eigenvalue weighted by Gasteiger charge is -2.18. The first kappa shape index (κ1) is 15.1. The van der Waals surface area contributed by atoms with Crippen LogP contribution in [0.2, 0.25) is 0 Å². The van der Waals surface area contributed by atoms with E-state index in [-0.39, 0.29) is 18.9 Å². The highest BCUT2D eigenvalue weighted by Gasteiger charge is 2.26. The van der Waals surface area contributed by atoms with Gasteiger partial charge in [-0.2, -0.15) is 4.31 Å². The van der Waals surface area contributed by atoms with E-state index in [0.717, 1.165) is 10.6 Å². The van der Waals surface area contributed by atoms with Gasteiger partial charge in [0.25, 0.3) is 0 Å². The predicted octanol–water partition coefficient (Wildman–Crippen LogP) is -1.61. The minimum atomic E-state index is -3.96. The second-order valence-electron chi connectivity index (χ2n) is 3.17. The van der Waals surface area contributed by atoms with Gasteiger partial charge in [0.2, 0.25) is 10.0 Å². The molecule has 0 amide bonds. The van der Waals surface area contributed by atoms with E-state index in [2.05, 4.69) is 5.16 Å².